The molecule has 0 saturated carbocycles. The van der Waals surface area contributed by atoms with Crippen LogP contribution in [0, 0.1) is 5.41 Å². The number of carboxylic acids is 1. The number of rotatable bonds is 10. The zero-order valence-corrected chi connectivity index (χ0v) is 14.1. The third-order valence-corrected chi connectivity index (χ3v) is 4.11. The minimum absolute atomic E-state index is 0.00274. The molecule has 0 amide bonds. The first-order valence-corrected chi connectivity index (χ1v) is 8.14. The van der Waals surface area contributed by atoms with Crippen LogP contribution in [-0.2, 0) is 22.5 Å². The average molecular weight is 315 g/mol. The van der Waals surface area contributed by atoms with E-state index in [-0.39, 0.29) is 11.2 Å². The van der Waals surface area contributed by atoms with E-state index in [0.29, 0.717) is 11.8 Å². The third kappa shape index (κ3) is 6.05. The fourth-order valence-corrected chi connectivity index (χ4v) is 2.68. The highest BCUT2D eigenvalue weighted by atomic mass is 32.2. The number of ether oxygens (including phenoxy) is 1. The van der Waals surface area contributed by atoms with Crippen molar-refractivity contribution >= 4 is 17.7 Å². The van der Waals surface area contributed by atoms with Gasteiger partial charge < -0.3 is 14.4 Å². The summed E-state index contributed by atoms with van der Waals surface area (Å²) in [7, 11) is 1.70. The van der Waals surface area contributed by atoms with Crippen LogP contribution in [0.4, 0.5) is 0 Å². The first-order valence-electron chi connectivity index (χ1n) is 7.15. The molecule has 0 radical (unpaired) electrons. The Kier molecular flexibility index (Phi) is 7.17. The summed E-state index contributed by atoms with van der Waals surface area (Å²) >= 11 is 1.22. The molecule has 1 heterocycles. The van der Waals surface area contributed by atoms with Gasteiger partial charge in [-0.2, -0.15) is 0 Å². The van der Waals surface area contributed by atoms with Crippen molar-refractivity contribution < 1.29 is 14.6 Å². The van der Waals surface area contributed by atoms with Gasteiger partial charge in [-0.25, -0.2) is 0 Å². The fourth-order valence-electron chi connectivity index (χ4n) is 2.00. The van der Waals surface area contributed by atoms with E-state index in [2.05, 4.69) is 35.5 Å². The molecule has 0 unspecified atom stereocenters. The SMILES string of the molecule is CCCc1nnc(SCC(=O)O)n1CC(C)(C)CCOC. The summed E-state index contributed by atoms with van der Waals surface area (Å²) in [6.07, 6.45) is 2.76. The number of thioether (sulfide) groups is 1. The number of aromatic nitrogens is 3. The van der Waals surface area contributed by atoms with Gasteiger partial charge >= 0.3 is 5.97 Å². The van der Waals surface area contributed by atoms with Crippen molar-refractivity contribution in [2.24, 2.45) is 5.41 Å². The minimum atomic E-state index is -0.842. The molecule has 0 fully saturated rings. The van der Waals surface area contributed by atoms with Crippen LogP contribution in [0.15, 0.2) is 5.16 Å². The summed E-state index contributed by atoms with van der Waals surface area (Å²) in [5, 5.41) is 17.9. The minimum Gasteiger partial charge on any atom is -0.481 e. The maximum absolute atomic E-state index is 10.7. The van der Waals surface area contributed by atoms with Crippen molar-refractivity contribution in [2.45, 2.75) is 51.7 Å². The van der Waals surface area contributed by atoms with Crippen LogP contribution in [0.2, 0.25) is 0 Å². The second-order valence-electron chi connectivity index (χ2n) is 5.82. The maximum atomic E-state index is 10.7. The van der Waals surface area contributed by atoms with E-state index in [4.69, 9.17) is 9.84 Å². The number of nitrogens with zero attached hydrogens (tertiary/aromatic N) is 3. The molecule has 0 atom stereocenters. The van der Waals surface area contributed by atoms with Crippen LogP contribution in [0.5, 0.6) is 0 Å². The Morgan fingerprint density at radius 2 is 2.14 bits per heavy atom. The lowest BCUT2D eigenvalue weighted by Gasteiger charge is -2.26. The molecule has 6 nitrogen and oxygen atoms in total. The molecule has 0 aliphatic heterocycles. The Bertz CT molecular complexity index is 460. The van der Waals surface area contributed by atoms with Crippen molar-refractivity contribution in [3.63, 3.8) is 0 Å². The summed E-state index contributed by atoms with van der Waals surface area (Å²) in [4.78, 5) is 10.7. The van der Waals surface area contributed by atoms with E-state index in [9.17, 15) is 4.79 Å². The molecule has 7 heteroatoms. The lowest BCUT2D eigenvalue weighted by atomic mass is 9.89. The van der Waals surface area contributed by atoms with Gasteiger partial charge in [-0.1, -0.05) is 32.5 Å². The lowest BCUT2D eigenvalue weighted by Crippen LogP contribution is -2.23. The molecule has 1 rings (SSSR count). The largest absolute Gasteiger partial charge is 0.481 e. The van der Waals surface area contributed by atoms with E-state index < -0.39 is 5.97 Å². The van der Waals surface area contributed by atoms with Crippen molar-refractivity contribution in [3.05, 3.63) is 5.82 Å². The third-order valence-electron chi connectivity index (χ3n) is 3.16. The second kappa shape index (κ2) is 8.38. The molecule has 1 aromatic rings. The molecule has 0 bridgehead atoms. The second-order valence-corrected chi connectivity index (χ2v) is 6.77. The summed E-state index contributed by atoms with van der Waals surface area (Å²) < 4.78 is 7.22. The van der Waals surface area contributed by atoms with Crippen LogP contribution in [0.3, 0.4) is 0 Å². The highest BCUT2D eigenvalue weighted by Gasteiger charge is 2.23. The van der Waals surface area contributed by atoms with E-state index in [1.165, 1.54) is 11.8 Å². The Hall–Kier alpha value is -1.08. The highest BCUT2D eigenvalue weighted by Crippen LogP contribution is 2.27. The van der Waals surface area contributed by atoms with Crippen LogP contribution in [0.1, 0.15) is 39.4 Å². The lowest BCUT2D eigenvalue weighted by molar-refractivity contribution is -0.133. The van der Waals surface area contributed by atoms with Crippen LogP contribution in [0.25, 0.3) is 0 Å². The number of methoxy groups -OCH3 is 1. The number of carboxylic acid groups (broad SMARTS) is 1. The summed E-state index contributed by atoms with van der Waals surface area (Å²) in [5.41, 5.74) is 0.0411. The quantitative estimate of drug-likeness (QED) is 0.668. The monoisotopic (exact) mass is 315 g/mol. The standard InChI is InChI=1S/C14H25N3O3S/c1-5-6-11-15-16-13(21-9-12(18)19)17(11)10-14(2,3)7-8-20-4/h5-10H2,1-4H3,(H,18,19). The smallest absolute Gasteiger partial charge is 0.313 e. The van der Waals surface area contributed by atoms with Crippen molar-refractivity contribution in [1.29, 1.82) is 0 Å². The van der Waals surface area contributed by atoms with Crippen LogP contribution in [-0.4, -0.2) is 45.3 Å². The number of hydrogen-bond acceptors (Lipinski definition) is 5. The predicted molar refractivity (Wildman–Crippen MR) is 82.7 cm³/mol. The molecule has 21 heavy (non-hydrogen) atoms. The van der Waals surface area contributed by atoms with Gasteiger partial charge in [-0.3, -0.25) is 4.79 Å². The Morgan fingerprint density at radius 1 is 1.43 bits per heavy atom. The number of aliphatic carboxylic acids is 1. The molecule has 1 N–H and O–H groups in total. The molecule has 0 aliphatic rings. The van der Waals surface area contributed by atoms with Gasteiger partial charge in [0.15, 0.2) is 5.16 Å². The van der Waals surface area contributed by atoms with Crippen molar-refractivity contribution in [1.82, 2.24) is 14.8 Å². The zero-order chi connectivity index (χ0) is 15.9. The molecule has 0 saturated heterocycles. The maximum Gasteiger partial charge on any atom is 0.313 e. The molecule has 0 spiro atoms. The number of aryl methyl sites for hydroxylation is 1. The normalized spacial score (nSPS) is 11.8. The average Bonchev–Trinajstić information content (AvgIpc) is 2.77. The molecule has 0 aliphatic carbocycles. The van der Waals surface area contributed by atoms with Gasteiger partial charge in [0.25, 0.3) is 0 Å². The van der Waals surface area contributed by atoms with Gasteiger partial charge in [-0.05, 0) is 18.3 Å². The summed E-state index contributed by atoms with van der Waals surface area (Å²) in [5.74, 6) is 0.0871. The van der Waals surface area contributed by atoms with Crippen LogP contribution < -0.4 is 0 Å². The Balaban J connectivity index is 2.89. The summed E-state index contributed by atoms with van der Waals surface area (Å²) in [6.45, 7) is 7.91. The van der Waals surface area contributed by atoms with E-state index in [1.807, 2.05) is 0 Å². The Morgan fingerprint density at radius 3 is 2.71 bits per heavy atom. The summed E-state index contributed by atoms with van der Waals surface area (Å²) in [6, 6.07) is 0. The fraction of sp³-hybridized carbons (Fsp3) is 0.786. The molecule has 0 aromatic carbocycles. The highest BCUT2D eigenvalue weighted by molar-refractivity contribution is 7.99. The zero-order valence-electron chi connectivity index (χ0n) is 13.3. The molecule has 1 aromatic heterocycles. The van der Waals surface area contributed by atoms with Gasteiger partial charge in [0.2, 0.25) is 0 Å². The molecular weight excluding hydrogens is 290 g/mol. The van der Waals surface area contributed by atoms with E-state index in [0.717, 1.165) is 31.6 Å². The first kappa shape index (κ1) is 18.0. The van der Waals surface area contributed by atoms with Gasteiger partial charge in [0.1, 0.15) is 5.82 Å². The number of hydrogen-bond donors (Lipinski definition) is 1. The molecular formula is C14H25N3O3S. The first-order chi connectivity index (χ1) is 9.89. The van der Waals surface area contributed by atoms with Crippen molar-refractivity contribution in [2.75, 3.05) is 19.5 Å². The topological polar surface area (TPSA) is 77.2 Å². The van der Waals surface area contributed by atoms with Gasteiger partial charge in [0, 0.05) is 26.7 Å². The van der Waals surface area contributed by atoms with Crippen molar-refractivity contribution in [3.8, 4) is 0 Å². The van der Waals surface area contributed by atoms with Gasteiger partial charge in [0.05, 0.1) is 5.75 Å². The predicted octanol–water partition coefficient (Wildman–Crippen LogP) is 2.47. The van der Waals surface area contributed by atoms with Gasteiger partial charge in [-0.15, -0.1) is 10.2 Å². The van der Waals surface area contributed by atoms with E-state index in [1.54, 1.807) is 7.11 Å². The van der Waals surface area contributed by atoms with E-state index >= 15 is 0 Å². The Labute approximate surface area is 130 Å². The number of carbonyl (C=O) groups is 1. The van der Waals surface area contributed by atoms with Crippen LogP contribution >= 0.6 is 11.8 Å². The molecule has 120 valence electrons.